The number of benzene rings is 1. The zero-order valence-corrected chi connectivity index (χ0v) is 15.7. The Hall–Kier alpha value is -2.30. The average molecular weight is 353 g/mol. The molecule has 1 aromatic carbocycles. The van der Waals surface area contributed by atoms with Crippen molar-refractivity contribution in [2.24, 2.45) is 5.92 Å². The van der Waals surface area contributed by atoms with Crippen molar-refractivity contribution in [1.29, 1.82) is 0 Å². The van der Waals surface area contributed by atoms with Crippen LogP contribution >= 0.6 is 0 Å². The van der Waals surface area contributed by atoms with Crippen LogP contribution in [0.5, 0.6) is 0 Å². The number of piperidine rings is 2. The van der Waals surface area contributed by atoms with Gasteiger partial charge in [0.05, 0.1) is 6.04 Å². The molecule has 1 saturated carbocycles. The van der Waals surface area contributed by atoms with Crippen LogP contribution in [-0.2, 0) is 4.74 Å². The standard InChI is InChI=1S/C21H27N3O2/c1-21(2,3)26-20(25)24-17-8-14(9-17)10-18(24)13-23-19-11-15-6-4-5-7-16(15)12-22-19/h4-7,11-12,14,17-18H,8-10,13H2,1-3H3,(H,22,23). The molecule has 3 aliphatic rings. The van der Waals surface area contributed by atoms with Crippen LogP contribution in [0.3, 0.4) is 0 Å². The summed E-state index contributed by atoms with van der Waals surface area (Å²) in [6, 6.07) is 10.8. The van der Waals surface area contributed by atoms with Crippen molar-refractivity contribution in [2.75, 3.05) is 11.9 Å². The lowest BCUT2D eigenvalue weighted by atomic mass is 9.71. The second-order valence-corrected chi connectivity index (χ2v) is 8.57. The molecule has 1 atom stereocenters. The summed E-state index contributed by atoms with van der Waals surface area (Å²) >= 11 is 0. The van der Waals surface area contributed by atoms with E-state index in [1.807, 2.05) is 44.0 Å². The van der Waals surface area contributed by atoms with Crippen molar-refractivity contribution in [3.05, 3.63) is 36.5 Å². The number of ether oxygens (including phenoxy) is 1. The Morgan fingerprint density at radius 1 is 1.23 bits per heavy atom. The van der Waals surface area contributed by atoms with E-state index in [2.05, 4.69) is 28.5 Å². The quantitative estimate of drug-likeness (QED) is 0.886. The van der Waals surface area contributed by atoms with Crippen LogP contribution < -0.4 is 5.32 Å². The van der Waals surface area contributed by atoms with Gasteiger partial charge in [-0.25, -0.2) is 9.78 Å². The number of anilines is 1. The van der Waals surface area contributed by atoms with Gasteiger partial charge in [-0.2, -0.15) is 0 Å². The number of aromatic nitrogens is 1. The molecule has 1 N–H and O–H groups in total. The normalized spacial score (nSPS) is 24.9. The summed E-state index contributed by atoms with van der Waals surface area (Å²) in [5.74, 6) is 1.60. The van der Waals surface area contributed by atoms with Gasteiger partial charge in [-0.05, 0) is 57.4 Å². The maximum atomic E-state index is 12.7. The number of pyridine rings is 1. The highest BCUT2D eigenvalue weighted by atomic mass is 16.6. The number of carbonyl (C=O) groups excluding carboxylic acids is 1. The van der Waals surface area contributed by atoms with Crippen LogP contribution in [0.15, 0.2) is 36.5 Å². The van der Waals surface area contributed by atoms with E-state index in [1.165, 1.54) is 5.39 Å². The molecule has 2 bridgehead atoms. The molecule has 1 aliphatic carbocycles. The van der Waals surface area contributed by atoms with Gasteiger partial charge in [0, 0.05) is 24.2 Å². The zero-order valence-electron chi connectivity index (χ0n) is 15.7. The van der Waals surface area contributed by atoms with Crippen molar-refractivity contribution in [2.45, 2.75) is 57.7 Å². The summed E-state index contributed by atoms with van der Waals surface area (Å²) in [5, 5.41) is 5.73. The number of rotatable bonds is 3. The number of nitrogens with one attached hydrogen (secondary N) is 1. The molecule has 3 fully saturated rings. The van der Waals surface area contributed by atoms with Crippen LogP contribution in [0.25, 0.3) is 10.8 Å². The molecule has 3 heterocycles. The van der Waals surface area contributed by atoms with Crippen molar-refractivity contribution in [3.63, 3.8) is 0 Å². The molecule has 5 nitrogen and oxygen atoms in total. The first kappa shape index (κ1) is 17.1. The maximum absolute atomic E-state index is 12.7. The first-order valence-electron chi connectivity index (χ1n) is 9.49. The minimum Gasteiger partial charge on any atom is -0.444 e. The minimum absolute atomic E-state index is 0.163. The average Bonchev–Trinajstić information content (AvgIpc) is 2.57. The molecule has 2 saturated heterocycles. The summed E-state index contributed by atoms with van der Waals surface area (Å²) in [6.07, 6.45) is 4.98. The van der Waals surface area contributed by atoms with E-state index in [4.69, 9.17) is 4.74 Å². The Kier molecular flexibility index (Phi) is 4.25. The van der Waals surface area contributed by atoms with E-state index >= 15 is 0 Å². The predicted octanol–water partition coefficient (Wildman–Crippen LogP) is 4.43. The second kappa shape index (κ2) is 6.45. The molecule has 1 unspecified atom stereocenters. The Morgan fingerprint density at radius 3 is 2.69 bits per heavy atom. The monoisotopic (exact) mass is 353 g/mol. The van der Waals surface area contributed by atoms with Crippen molar-refractivity contribution in [1.82, 2.24) is 9.88 Å². The second-order valence-electron chi connectivity index (χ2n) is 8.57. The van der Waals surface area contributed by atoms with Crippen molar-refractivity contribution < 1.29 is 9.53 Å². The molecule has 0 spiro atoms. The van der Waals surface area contributed by atoms with Gasteiger partial charge in [-0.15, -0.1) is 0 Å². The molecular weight excluding hydrogens is 326 g/mol. The van der Waals surface area contributed by atoms with Gasteiger partial charge in [-0.3, -0.25) is 0 Å². The molecule has 26 heavy (non-hydrogen) atoms. The van der Waals surface area contributed by atoms with Crippen LogP contribution in [0.4, 0.5) is 10.6 Å². The van der Waals surface area contributed by atoms with Gasteiger partial charge in [0.1, 0.15) is 11.4 Å². The lowest BCUT2D eigenvalue weighted by Gasteiger charge is -2.53. The minimum atomic E-state index is -0.463. The van der Waals surface area contributed by atoms with Gasteiger partial charge in [-0.1, -0.05) is 24.3 Å². The zero-order chi connectivity index (χ0) is 18.3. The van der Waals surface area contributed by atoms with Crippen molar-refractivity contribution >= 4 is 22.7 Å². The molecule has 1 amide bonds. The van der Waals surface area contributed by atoms with E-state index < -0.39 is 5.60 Å². The Bertz CT molecular complexity index is 808. The highest BCUT2D eigenvalue weighted by Gasteiger charge is 2.47. The molecule has 2 aliphatic heterocycles. The lowest BCUT2D eigenvalue weighted by Crippen LogP contribution is -2.61. The highest BCUT2D eigenvalue weighted by Crippen LogP contribution is 2.43. The van der Waals surface area contributed by atoms with Crippen LogP contribution in [0.1, 0.15) is 40.0 Å². The maximum Gasteiger partial charge on any atom is 0.410 e. The first-order chi connectivity index (χ1) is 12.4. The van der Waals surface area contributed by atoms with E-state index in [0.29, 0.717) is 12.6 Å². The third-order valence-electron chi connectivity index (χ3n) is 5.36. The van der Waals surface area contributed by atoms with E-state index in [9.17, 15) is 4.79 Å². The van der Waals surface area contributed by atoms with Gasteiger partial charge in [0.15, 0.2) is 0 Å². The summed E-state index contributed by atoms with van der Waals surface area (Å²) in [6.45, 7) is 6.47. The number of amides is 1. The van der Waals surface area contributed by atoms with E-state index in [1.54, 1.807) is 0 Å². The van der Waals surface area contributed by atoms with Crippen LogP contribution in [0.2, 0.25) is 0 Å². The molecule has 138 valence electrons. The van der Waals surface area contributed by atoms with Crippen LogP contribution in [-0.4, -0.2) is 40.2 Å². The Labute approximate surface area is 154 Å². The number of fused-ring (bicyclic) bond motifs is 3. The molecule has 5 heteroatoms. The van der Waals surface area contributed by atoms with Gasteiger partial charge >= 0.3 is 6.09 Å². The summed E-state index contributed by atoms with van der Waals surface area (Å²) in [5.41, 5.74) is -0.463. The van der Waals surface area contributed by atoms with Gasteiger partial charge in [0.25, 0.3) is 0 Å². The first-order valence-corrected chi connectivity index (χ1v) is 9.49. The number of nitrogens with zero attached hydrogens (tertiary/aromatic N) is 2. The molecule has 1 aromatic heterocycles. The van der Waals surface area contributed by atoms with Crippen molar-refractivity contribution in [3.8, 4) is 0 Å². The lowest BCUT2D eigenvalue weighted by molar-refractivity contribution is -0.0485. The SMILES string of the molecule is CC(C)(C)OC(=O)N1C(CNc2cc3ccccc3cn2)CC2CC1C2. The highest BCUT2D eigenvalue weighted by molar-refractivity contribution is 5.83. The fraction of sp³-hybridized carbons (Fsp3) is 0.524. The van der Waals surface area contributed by atoms with E-state index in [-0.39, 0.29) is 12.1 Å². The Balaban J connectivity index is 1.45. The predicted molar refractivity (Wildman–Crippen MR) is 103 cm³/mol. The van der Waals surface area contributed by atoms with Crippen LogP contribution in [0, 0.1) is 5.92 Å². The largest absolute Gasteiger partial charge is 0.444 e. The Morgan fingerprint density at radius 2 is 1.96 bits per heavy atom. The molecular formula is C21H27N3O2. The van der Waals surface area contributed by atoms with E-state index in [0.717, 1.165) is 36.4 Å². The smallest absolute Gasteiger partial charge is 0.410 e. The fourth-order valence-corrected chi connectivity index (χ4v) is 4.11. The summed E-state index contributed by atoms with van der Waals surface area (Å²) in [7, 11) is 0. The third kappa shape index (κ3) is 3.48. The number of carbonyl (C=O) groups is 1. The molecule has 5 rings (SSSR count). The third-order valence-corrected chi connectivity index (χ3v) is 5.36. The molecule has 2 aromatic rings. The molecule has 0 radical (unpaired) electrons. The summed E-state index contributed by atoms with van der Waals surface area (Å²) < 4.78 is 5.66. The fourth-order valence-electron chi connectivity index (χ4n) is 4.11. The topological polar surface area (TPSA) is 54.5 Å². The number of hydrogen-bond donors (Lipinski definition) is 1. The summed E-state index contributed by atoms with van der Waals surface area (Å²) in [4.78, 5) is 19.2. The van der Waals surface area contributed by atoms with Gasteiger partial charge < -0.3 is 15.0 Å². The number of hydrogen-bond acceptors (Lipinski definition) is 4. The van der Waals surface area contributed by atoms with Gasteiger partial charge in [0.2, 0.25) is 0 Å².